The molecule has 0 unspecified atom stereocenters. The Labute approximate surface area is 91.4 Å². The Balaban J connectivity index is 2.87. The zero-order valence-electron chi connectivity index (χ0n) is 7.55. The fourth-order valence-corrected chi connectivity index (χ4v) is 1.14. The van der Waals surface area contributed by atoms with E-state index in [9.17, 15) is 0 Å². The Hall–Kier alpha value is -1.47. The number of halogens is 1. The van der Waals surface area contributed by atoms with Gasteiger partial charge in [0.2, 0.25) is 0 Å². The predicted octanol–water partition coefficient (Wildman–Crippen LogP) is 2.46. The van der Waals surface area contributed by atoms with E-state index < -0.39 is 0 Å². The fourth-order valence-electron chi connectivity index (χ4n) is 1.000. The van der Waals surface area contributed by atoms with E-state index in [4.69, 9.17) is 11.0 Å². The summed E-state index contributed by atoms with van der Waals surface area (Å²) >= 11 is 3.23. The van der Waals surface area contributed by atoms with Gasteiger partial charge in [0.15, 0.2) is 0 Å². The molecule has 0 heterocycles. The van der Waals surface area contributed by atoms with Crippen LogP contribution in [0, 0.1) is 11.3 Å². The van der Waals surface area contributed by atoms with Crippen LogP contribution in [0.25, 0.3) is 0 Å². The molecule has 0 aliphatic carbocycles. The molecule has 3 nitrogen and oxygen atoms in total. The number of nitrogens with two attached hydrogens (primary N) is 1. The van der Waals surface area contributed by atoms with Crippen LogP contribution in [0.1, 0.15) is 5.56 Å². The maximum atomic E-state index is 8.83. The zero-order valence-corrected chi connectivity index (χ0v) is 9.13. The normalized spacial score (nSPS) is 9.14. The number of nitrogen functional groups attached to an aromatic ring is 1. The summed E-state index contributed by atoms with van der Waals surface area (Å²) < 4.78 is 0.832. The van der Waals surface area contributed by atoms with Gasteiger partial charge < -0.3 is 11.1 Å². The Bertz CT molecular complexity index is 393. The second-order valence-corrected chi connectivity index (χ2v) is 3.91. The minimum atomic E-state index is 0.541. The maximum absolute atomic E-state index is 8.83. The molecule has 1 aromatic rings. The second-order valence-electron chi connectivity index (χ2n) is 2.79. The van der Waals surface area contributed by atoms with Crippen molar-refractivity contribution < 1.29 is 0 Å². The molecule has 3 N–H and O–H groups in total. The number of hydrogen-bond donors (Lipinski definition) is 2. The lowest BCUT2D eigenvalue weighted by Gasteiger charge is -2.07. The highest BCUT2D eigenvalue weighted by atomic mass is 79.9. The van der Waals surface area contributed by atoms with Crippen molar-refractivity contribution >= 4 is 27.3 Å². The van der Waals surface area contributed by atoms with E-state index >= 15 is 0 Å². The van der Waals surface area contributed by atoms with Gasteiger partial charge in [-0.05, 0) is 18.2 Å². The Morgan fingerprint density at radius 1 is 1.64 bits per heavy atom. The molecule has 0 aliphatic rings. The van der Waals surface area contributed by atoms with E-state index in [-0.39, 0.29) is 0 Å². The number of rotatable bonds is 3. The van der Waals surface area contributed by atoms with Crippen molar-refractivity contribution in [3.05, 3.63) is 34.8 Å². The highest BCUT2D eigenvalue weighted by Crippen LogP contribution is 2.18. The van der Waals surface area contributed by atoms with Crippen LogP contribution in [0.5, 0.6) is 0 Å². The van der Waals surface area contributed by atoms with Crippen molar-refractivity contribution in [2.45, 2.75) is 0 Å². The number of nitrogens with zero attached hydrogens (tertiary/aromatic N) is 1. The van der Waals surface area contributed by atoms with Crippen molar-refractivity contribution in [1.29, 1.82) is 5.26 Å². The maximum Gasteiger partial charge on any atom is 0.101 e. The van der Waals surface area contributed by atoms with E-state index in [1.807, 2.05) is 0 Å². The van der Waals surface area contributed by atoms with Gasteiger partial charge in [-0.25, -0.2) is 0 Å². The highest BCUT2D eigenvalue weighted by Gasteiger charge is 2.01. The molecule has 0 aliphatic heterocycles. The lowest BCUT2D eigenvalue weighted by atomic mass is 10.1. The molecule has 0 saturated heterocycles. The average Bonchev–Trinajstić information content (AvgIpc) is 2.15. The first kappa shape index (κ1) is 10.6. The largest absolute Gasteiger partial charge is 0.399 e. The van der Waals surface area contributed by atoms with Crippen LogP contribution in [0.2, 0.25) is 0 Å². The van der Waals surface area contributed by atoms with Gasteiger partial charge in [-0.3, -0.25) is 0 Å². The van der Waals surface area contributed by atoms with E-state index in [2.05, 4.69) is 33.9 Å². The lowest BCUT2D eigenvalue weighted by Crippen LogP contribution is -2.02. The quantitative estimate of drug-likeness (QED) is 0.812. The Kier molecular flexibility index (Phi) is 3.55. The third-order valence-corrected chi connectivity index (χ3v) is 1.92. The SMILES string of the molecule is C=C(Br)CNc1ccc(N)cc1C#N. The smallest absolute Gasteiger partial charge is 0.101 e. The standard InChI is InChI=1S/C10H10BrN3/c1-7(11)6-14-10-3-2-9(13)4-8(10)5-12/h2-4,14H,1,6,13H2. The van der Waals surface area contributed by atoms with Crippen LogP contribution in [-0.2, 0) is 0 Å². The monoisotopic (exact) mass is 251 g/mol. The molecule has 0 amide bonds. The van der Waals surface area contributed by atoms with Crippen LogP contribution in [-0.4, -0.2) is 6.54 Å². The first-order valence-corrected chi connectivity index (χ1v) is 4.79. The van der Waals surface area contributed by atoms with E-state index in [0.29, 0.717) is 17.8 Å². The third-order valence-electron chi connectivity index (χ3n) is 1.63. The van der Waals surface area contributed by atoms with Gasteiger partial charge in [0.1, 0.15) is 6.07 Å². The van der Waals surface area contributed by atoms with Crippen molar-refractivity contribution in [3.8, 4) is 6.07 Å². The van der Waals surface area contributed by atoms with Crippen LogP contribution in [0.15, 0.2) is 29.3 Å². The summed E-state index contributed by atoms with van der Waals surface area (Å²) in [6.07, 6.45) is 0. The fraction of sp³-hybridized carbons (Fsp3) is 0.100. The zero-order chi connectivity index (χ0) is 10.6. The lowest BCUT2D eigenvalue weighted by molar-refractivity contribution is 1.31. The van der Waals surface area contributed by atoms with Gasteiger partial charge in [-0.1, -0.05) is 22.5 Å². The molecular formula is C10H10BrN3. The first-order valence-electron chi connectivity index (χ1n) is 4.00. The summed E-state index contributed by atoms with van der Waals surface area (Å²) in [5.41, 5.74) is 7.45. The molecule has 0 aromatic heterocycles. The van der Waals surface area contributed by atoms with Gasteiger partial charge in [0.05, 0.1) is 11.3 Å². The Morgan fingerprint density at radius 3 is 2.93 bits per heavy atom. The molecule has 1 rings (SSSR count). The van der Waals surface area contributed by atoms with Crippen molar-refractivity contribution in [3.63, 3.8) is 0 Å². The second kappa shape index (κ2) is 4.68. The molecule has 0 fully saturated rings. The molecule has 0 radical (unpaired) electrons. The van der Waals surface area contributed by atoms with Crippen LogP contribution >= 0.6 is 15.9 Å². The molecule has 0 atom stereocenters. The summed E-state index contributed by atoms with van der Waals surface area (Å²) in [5, 5.41) is 11.9. The summed E-state index contributed by atoms with van der Waals surface area (Å²) in [5.74, 6) is 0. The number of benzene rings is 1. The molecule has 0 bridgehead atoms. The minimum absolute atomic E-state index is 0.541. The van der Waals surface area contributed by atoms with E-state index in [1.54, 1.807) is 18.2 Å². The predicted molar refractivity (Wildman–Crippen MR) is 62.1 cm³/mol. The Morgan fingerprint density at radius 2 is 2.36 bits per heavy atom. The summed E-state index contributed by atoms with van der Waals surface area (Å²) in [6, 6.07) is 7.24. The number of nitriles is 1. The third kappa shape index (κ3) is 2.79. The summed E-state index contributed by atoms with van der Waals surface area (Å²) in [4.78, 5) is 0. The van der Waals surface area contributed by atoms with Gasteiger partial charge in [0.25, 0.3) is 0 Å². The number of anilines is 2. The molecule has 1 aromatic carbocycles. The van der Waals surface area contributed by atoms with Crippen LogP contribution in [0.4, 0.5) is 11.4 Å². The topological polar surface area (TPSA) is 61.8 Å². The van der Waals surface area contributed by atoms with E-state index in [1.165, 1.54) is 0 Å². The van der Waals surface area contributed by atoms with Gasteiger partial charge in [-0.2, -0.15) is 5.26 Å². The molecule has 0 spiro atoms. The van der Waals surface area contributed by atoms with Crippen molar-refractivity contribution in [2.24, 2.45) is 0 Å². The number of hydrogen-bond acceptors (Lipinski definition) is 3. The molecule has 0 saturated carbocycles. The van der Waals surface area contributed by atoms with Crippen LogP contribution < -0.4 is 11.1 Å². The number of nitrogens with one attached hydrogen (secondary N) is 1. The van der Waals surface area contributed by atoms with Crippen molar-refractivity contribution in [1.82, 2.24) is 0 Å². The first-order chi connectivity index (χ1) is 6.63. The van der Waals surface area contributed by atoms with Crippen LogP contribution in [0.3, 0.4) is 0 Å². The van der Waals surface area contributed by atoms with Gasteiger partial charge in [-0.15, -0.1) is 0 Å². The van der Waals surface area contributed by atoms with E-state index in [0.717, 1.165) is 10.2 Å². The summed E-state index contributed by atoms with van der Waals surface area (Å²) in [7, 11) is 0. The molecule has 4 heteroatoms. The molecule has 72 valence electrons. The molecule has 14 heavy (non-hydrogen) atoms. The minimum Gasteiger partial charge on any atom is -0.399 e. The van der Waals surface area contributed by atoms with Crippen molar-refractivity contribution in [2.75, 3.05) is 17.6 Å². The molecular weight excluding hydrogens is 242 g/mol. The average molecular weight is 252 g/mol. The van der Waals surface area contributed by atoms with Gasteiger partial charge >= 0.3 is 0 Å². The highest BCUT2D eigenvalue weighted by molar-refractivity contribution is 9.11. The summed E-state index contributed by atoms with van der Waals surface area (Å²) in [6.45, 7) is 4.27. The van der Waals surface area contributed by atoms with Gasteiger partial charge in [0, 0.05) is 16.7 Å².